The molecule has 29 heavy (non-hydrogen) atoms. The molecule has 0 radical (unpaired) electrons. The summed E-state index contributed by atoms with van der Waals surface area (Å²) in [5, 5.41) is 11.5. The van der Waals surface area contributed by atoms with Crippen LogP contribution in [0.5, 0.6) is 0 Å². The highest BCUT2D eigenvalue weighted by molar-refractivity contribution is 6.11. The number of benzene rings is 2. The van der Waals surface area contributed by atoms with E-state index in [9.17, 15) is 9.90 Å². The van der Waals surface area contributed by atoms with E-state index in [2.05, 4.69) is 14.8 Å². The Morgan fingerprint density at radius 2 is 1.69 bits per heavy atom. The second kappa shape index (κ2) is 8.49. The van der Waals surface area contributed by atoms with Crippen LogP contribution in [0.3, 0.4) is 0 Å². The predicted octanol–water partition coefficient (Wildman–Crippen LogP) is 3.40. The van der Waals surface area contributed by atoms with E-state index in [1.54, 1.807) is 0 Å². The summed E-state index contributed by atoms with van der Waals surface area (Å²) in [6.07, 6.45) is -0.476. The van der Waals surface area contributed by atoms with Gasteiger partial charge in [-0.2, -0.15) is 0 Å². The zero-order chi connectivity index (χ0) is 20.4. The van der Waals surface area contributed by atoms with Gasteiger partial charge in [-0.05, 0) is 25.5 Å². The molecule has 4 rings (SSSR count). The number of hydrogen-bond donors (Lipinski definition) is 2. The molecule has 2 atom stereocenters. The molecule has 2 N–H and O–H groups in total. The number of β-amino-alcohol motifs (C(OH)–C–C–N with tert-alkyl or cyclic N) is 1. The number of fused-ring (bicyclic) bond motifs is 1. The van der Waals surface area contributed by atoms with Crippen molar-refractivity contribution < 1.29 is 9.90 Å². The number of aliphatic hydroxyl groups is 1. The van der Waals surface area contributed by atoms with E-state index >= 15 is 0 Å². The number of hydrogen-bond acceptors (Lipinski definition) is 4. The van der Waals surface area contributed by atoms with Crippen LogP contribution in [0, 0.1) is 6.92 Å². The molecule has 1 aliphatic rings. The van der Waals surface area contributed by atoms with E-state index < -0.39 is 6.10 Å². The Morgan fingerprint density at radius 3 is 2.41 bits per heavy atom. The summed E-state index contributed by atoms with van der Waals surface area (Å²) in [5.41, 5.74) is 3.72. The summed E-state index contributed by atoms with van der Waals surface area (Å²) in [4.78, 5) is 21.1. The van der Waals surface area contributed by atoms with E-state index in [4.69, 9.17) is 0 Å². The number of nitrogens with zero attached hydrogens (tertiary/aromatic N) is 2. The number of nitrogens with one attached hydrogen (secondary N) is 1. The van der Waals surface area contributed by atoms with E-state index in [1.165, 1.54) is 0 Å². The standard InChI is InChI=1S/C24H29N3O2/c1-17-23(20-10-6-7-11-21(20)25-17)24(29)18(2)27-14-12-26(13-15-27)16-22(28)19-8-4-3-5-9-19/h3-11,18,22,25,28H,12-16H2,1-2H3. The Kier molecular flexibility index (Phi) is 5.81. The fourth-order valence-electron chi connectivity index (χ4n) is 4.33. The number of ketones is 1. The van der Waals surface area contributed by atoms with Gasteiger partial charge >= 0.3 is 0 Å². The first-order chi connectivity index (χ1) is 14.0. The maximum atomic E-state index is 13.3. The number of aromatic nitrogens is 1. The van der Waals surface area contributed by atoms with Crippen LogP contribution in [-0.4, -0.2) is 64.4 Å². The molecule has 2 aromatic carbocycles. The Labute approximate surface area is 171 Å². The molecule has 5 nitrogen and oxygen atoms in total. The van der Waals surface area contributed by atoms with E-state index in [0.29, 0.717) is 6.54 Å². The highest BCUT2D eigenvalue weighted by Crippen LogP contribution is 2.25. The number of H-pyrrole nitrogens is 1. The molecule has 2 unspecified atom stereocenters. The average molecular weight is 392 g/mol. The van der Waals surface area contributed by atoms with Gasteiger partial charge in [0.2, 0.25) is 0 Å². The normalized spacial score (nSPS) is 18.0. The number of carbonyl (C=O) groups is 1. The van der Waals surface area contributed by atoms with Gasteiger partial charge < -0.3 is 10.1 Å². The lowest BCUT2D eigenvalue weighted by molar-refractivity contribution is 0.0523. The zero-order valence-corrected chi connectivity index (χ0v) is 17.1. The van der Waals surface area contributed by atoms with Gasteiger partial charge in [-0.3, -0.25) is 14.6 Å². The topological polar surface area (TPSA) is 59.6 Å². The van der Waals surface area contributed by atoms with E-state index in [0.717, 1.165) is 53.9 Å². The van der Waals surface area contributed by atoms with Crippen molar-refractivity contribution in [3.63, 3.8) is 0 Å². The van der Waals surface area contributed by atoms with Crippen LogP contribution in [0.2, 0.25) is 0 Å². The molecule has 0 bridgehead atoms. The molecular formula is C24H29N3O2. The monoisotopic (exact) mass is 391 g/mol. The lowest BCUT2D eigenvalue weighted by atomic mass is 10.0. The Hall–Kier alpha value is -2.47. The smallest absolute Gasteiger partial charge is 0.182 e. The van der Waals surface area contributed by atoms with Crippen LogP contribution in [0.4, 0.5) is 0 Å². The lowest BCUT2D eigenvalue weighted by Gasteiger charge is -2.38. The van der Waals surface area contributed by atoms with Gasteiger partial charge in [0.25, 0.3) is 0 Å². The summed E-state index contributed by atoms with van der Waals surface area (Å²) in [6, 6.07) is 17.6. The minimum absolute atomic E-state index is 0.158. The van der Waals surface area contributed by atoms with Crippen molar-refractivity contribution in [2.24, 2.45) is 0 Å². The molecule has 152 valence electrons. The number of carbonyl (C=O) groups excluding carboxylic acids is 1. The van der Waals surface area contributed by atoms with Crippen molar-refractivity contribution in [2.45, 2.75) is 26.0 Å². The fourth-order valence-corrected chi connectivity index (χ4v) is 4.33. The summed E-state index contributed by atoms with van der Waals surface area (Å²) < 4.78 is 0. The third kappa shape index (κ3) is 4.13. The molecule has 1 fully saturated rings. The highest BCUT2D eigenvalue weighted by atomic mass is 16.3. The second-order valence-electron chi connectivity index (χ2n) is 7.97. The van der Waals surface area contributed by atoms with Crippen LogP contribution in [-0.2, 0) is 0 Å². The molecular weight excluding hydrogens is 362 g/mol. The van der Waals surface area contributed by atoms with Crippen molar-refractivity contribution in [1.82, 2.24) is 14.8 Å². The predicted molar refractivity (Wildman–Crippen MR) is 116 cm³/mol. The molecule has 1 aliphatic heterocycles. The first-order valence-corrected chi connectivity index (χ1v) is 10.4. The maximum Gasteiger partial charge on any atom is 0.182 e. The molecule has 1 aromatic heterocycles. The number of para-hydroxylation sites is 1. The van der Waals surface area contributed by atoms with Crippen LogP contribution in [0.25, 0.3) is 10.9 Å². The number of piperazine rings is 1. The van der Waals surface area contributed by atoms with Gasteiger partial charge in [0.05, 0.1) is 12.1 Å². The molecule has 0 saturated carbocycles. The largest absolute Gasteiger partial charge is 0.387 e. The summed E-state index contributed by atoms with van der Waals surface area (Å²) >= 11 is 0. The van der Waals surface area contributed by atoms with Crippen molar-refractivity contribution in [3.8, 4) is 0 Å². The summed E-state index contributed by atoms with van der Waals surface area (Å²) in [5.74, 6) is 0.178. The van der Waals surface area contributed by atoms with Crippen LogP contribution in [0.1, 0.15) is 34.6 Å². The van der Waals surface area contributed by atoms with Crippen molar-refractivity contribution in [2.75, 3.05) is 32.7 Å². The molecule has 2 heterocycles. The second-order valence-corrected chi connectivity index (χ2v) is 7.97. The third-order valence-electron chi connectivity index (χ3n) is 6.09. The first kappa shape index (κ1) is 19.8. The molecule has 5 heteroatoms. The van der Waals surface area contributed by atoms with Gasteiger partial charge in [-0.25, -0.2) is 0 Å². The van der Waals surface area contributed by atoms with Crippen molar-refractivity contribution in [3.05, 3.63) is 71.4 Å². The van der Waals surface area contributed by atoms with Gasteiger partial charge in [-0.1, -0.05) is 48.5 Å². The van der Waals surface area contributed by atoms with E-state index in [1.807, 2.05) is 68.4 Å². The van der Waals surface area contributed by atoms with Crippen molar-refractivity contribution >= 4 is 16.7 Å². The zero-order valence-electron chi connectivity index (χ0n) is 17.1. The van der Waals surface area contributed by atoms with Crippen LogP contribution >= 0.6 is 0 Å². The van der Waals surface area contributed by atoms with Gasteiger partial charge in [0, 0.05) is 54.9 Å². The van der Waals surface area contributed by atoms with Gasteiger partial charge in [0.1, 0.15) is 0 Å². The summed E-state index contributed by atoms with van der Waals surface area (Å²) in [7, 11) is 0. The Balaban J connectivity index is 1.38. The quantitative estimate of drug-likeness (QED) is 0.633. The number of aromatic amines is 1. The fraction of sp³-hybridized carbons (Fsp3) is 0.375. The van der Waals surface area contributed by atoms with E-state index in [-0.39, 0.29) is 11.8 Å². The minimum atomic E-state index is -0.476. The number of rotatable bonds is 6. The Morgan fingerprint density at radius 1 is 1.03 bits per heavy atom. The minimum Gasteiger partial charge on any atom is -0.387 e. The third-order valence-corrected chi connectivity index (χ3v) is 6.09. The van der Waals surface area contributed by atoms with Gasteiger partial charge in [-0.15, -0.1) is 0 Å². The molecule has 0 aliphatic carbocycles. The average Bonchev–Trinajstić information content (AvgIpc) is 3.09. The number of Topliss-reactive ketones (excluding diaryl/α,β-unsaturated/α-hetero) is 1. The SMILES string of the molecule is Cc1[nH]c2ccccc2c1C(=O)C(C)N1CCN(CC(O)c2ccccc2)CC1. The highest BCUT2D eigenvalue weighted by Gasteiger charge is 2.29. The van der Waals surface area contributed by atoms with Crippen LogP contribution < -0.4 is 0 Å². The van der Waals surface area contributed by atoms with Gasteiger partial charge in [0.15, 0.2) is 5.78 Å². The maximum absolute atomic E-state index is 13.3. The van der Waals surface area contributed by atoms with Crippen LogP contribution in [0.15, 0.2) is 54.6 Å². The number of aliphatic hydroxyl groups excluding tert-OH is 1. The molecule has 0 amide bonds. The van der Waals surface area contributed by atoms with Crippen molar-refractivity contribution in [1.29, 1.82) is 0 Å². The lowest BCUT2D eigenvalue weighted by Crippen LogP contribution is -2.52. The number of aryl methyl sites for hydroxylation is 1. The molecule has 1 saturated heterocycles. The Bertz CT molecular complexity index is 974. The summed E-state index contributed by atoms with van der Waals surface area (Å²) in [6.45, 7) is 7.98. The first-order valence-electron chi connectivity index (χ1n) is 10.4. The molecule has 0 spiro atoms. The molecule has 3 aromatic rings.